The minimum Gasteiger partial charge on any atom is -0.481 e. The maximum atomic E-state index is 12.0. The first kappa shape index (κ1) is 26.0. The fraction of sp³-hybridized carbons (Fsp3) is 0.571. The SMILES string of the molecule is C[C@]12CC[C@H](C3CC(C(=O)O)CCN3c3cccnc3)CC1=CC[C@@H]1[C@@H]2CC[C@]2(C)C(c3cccnc3)=CC[C@@H]12. The number of rotatable bonds is 4. The molecule has 2 unspecified atom stereocenters. The number of pyridine rings is 2. The summed E-state index contributed by atoms with van der Waals surface area (Å²) >= 11 is 0. The van der Waals surface area contributed by atoms with Crippen molar-refractivity contribution >= 4 is 17.2 Å². The topological polar surface area (TPSA) is 66.3 Å². The standard InChI is InChI=1S/C35H43N3O2/c1-34-14-11-23(32-20-24(33(39)40)13-18-38(32)27-6-4-17-37-22-27)19-26(34)7-8-28-30-10-9-29(25-5-3-16-36-21-25)35(30,2)15-12-31(28)34/h3-7,9,16-17,21-24,28,30-32H,8,10-15,18-20H2,1-2H3,(H,39,40)/t23-,24?,28-,30-,31-,32?,34-,35+/m0/s1. The highest BCUT2D eigenvalue weighted by atomic mass is 16.4. The summed E-state index contributed by atoms with van der Waals surface area (Å²) in [5.41, 5.74) is 6.20. The molecule has 7 rings (SSSR count). The second-order valence-corrected chi connectivity index (χ2v) is 13.8. The van der Waals surface area contributed by atoms with E-state index in [0.717, 1.165) is 36.9 Å². The number of nitrogens with zero attached hydrogens (tertiary/aromatic N) is 3. The second kappa shape index (κ2) is 9.85. The summed E-state index contributed by atoms with van der Waals surface area (Å²) in [5.74, 6) is 1.84. The van der Waals surface area contributed by atoms with E-state index in [9.17, 15) is 9.90 Å². The lowest BCUT2D eigenvalue weighted by atomic mass is 9.46. The minimum atomic E-state index is -0.628. The van der Waals surface area contributed by atoms with Gasteiger partial charge in [0.05, 0.1) is 17.8 Å². The number of aliphatic carboxylic acids is 1. The molecule has 0 spiro atoms. The molecule has 1 N–H and O–H groups in total. The van der Waals surface area contributed by atoms with Crippen molar-refractivity contribution in [2.24, 2.45) is 40.4 Å². The Balaban J connectivity index is 1.13. The van der Waals surface area contributed by atoms with Crippen molar-refractivity contribution in [3.63, 3.8) is 0 Å². The predicted molar refractivity (Wildman–Crippen MR) is 159 cm³/mol. The van der Waals surface area contributed by atoms with Crippen LogP contribution in [0.2, 0.25) is 0 Å². The molecule has 210 valence electrons. The van der Waals surface area contributed by atoms with E-state index in [2.05, 4.69) is 65.3 Å². The van der Waals surface area contributed by atoms with E-state index in [4.69, 9.17) is 0 Å². The molecule has 40 heavy (non-hydrogen) atoms. The number of hydrogen-bond donors (Lipinski definition) is 1. The third kappa shape index (κ3) is 4.06. The van der Waals surface area contributed by atoms with Gasteiger partial charge in [0.1, 0.15) is 0 Å². The van der Waals surface area contributed by atoms with Crippen molar-refractivity contribution in [2.45, 2.75) is 77.7 Å². The molecule has 8 atom stereocenters. The second-order valence-electron chi connectivity index (χ2n) is 13.8. The highest BCUT2D eigenvalue weighted by Crippen LogP contribution is 2.66. The molecule has 5 aliphatic rings. The van der Waals surface area contributed by atoms with Gasteiger partial charge in [-0.15, -0.1) is 0 Å². The van der Waals surface area contributed by atoms with Crippen LogP contribution < -0.4 is 4.90 Å². The molecule has 4 aliphatic carbocycles. The number of anilines is 1. The minimum absolute atomic E-state index is 0.240. The van der Waals surface area contributed by atoms with Gasteiger partial charge in [0, 0.05) is 31.2 Å². The van der Waals surface area contributed by atoms with Crippen LogP contribution in [-0.4, -0.2) is 33.6 Å². The van der Waals surface area contributed by atoms with Gasteiger partial charge < -0.3 is 10.0 Å². The van der Waals surface area contributed by atoms with Crippen molar-refractivity contribution < 1.29 is 9.90 Å². The molecular weight excluding hydrogens is 494 g/mol. The lowest BCUT2D eigenvalue weighted by molar-refractivity contribution is -0.142. The first-order chi connectivity index (χ1) is 19.4. The highest BCUT2D eigenvalue weighted by molar-refractivity contribution is 5.72. The van der Waals surface area contributed by atoms with Crippen LogP contribution in [0.25, 0.3) is 5.57 Å². The molecule has 0 aromatic carbocycles. The van der Waals surface area contributed by atoms with Crippen LogP contribution in [0.15, 0.2) is 66.8 Å². The number of piperidine rings is 1. The number of carboxylic acids is 1. The van der Waals surface area contributed by atoms with Crippen molar-refractivity contribution in [3.05, 3.63) is 72.3 Å². The molecule has 0 amide bonds. The number of fused-ring (bicyclic) bond motifs is 5. The van der Waals surface area contributed by atoms with Crippen molar-refractivity contribution in [2.75, 3.05) is 11.4 Å². The Morgan fingerprint density at radius 3 is 2.50 bits per heavy atom. The summed E-state index contributed by atoms with van der Waals surface area (Å²) in [4.78, 5) is 23.4. The summed E-state index contributed by atoms with van der Waals surface area (Å²) in [7, 11) is 0. The van der Waals surface area contributed by atoms with Crippen LogP contribution in [0.5, 0.6) is 0 Å². The molecule has 0 radical (unpaired) electrons. The fourth-order valence-corrected chi connectivity index (χ4v) is 10.1. The number of allylic oxidation sites excluding steroid dienone is 4. The summed E-state index contributed by atoms with van der Waals surface area (Å²) < 4.78 is 0. The molecule has 1 aliphatic heterocycles. The van der Waals surface area contributed by atoms with Crippen LogP contribution in [0, 0.1) is 40.4 Å². The van der Waals surface area contributed by atoms with Crippen LogP contribution in [-0.2, 0) is 4.79 Å². The quantitative estimate of drug-likeness (QED) is 0.411. The van der Waals surface area contributed by atoms with Crippen molar-refractivity contribution in [1.29, 1.82) is 0 Å². The predicted octanol–water partition coefficient (Wildman–Crippen LogP) is 7.42. The Bertz CT molecular complexity index is 1320. The van der Waals surface area contributed by atoms with E-state index in [0.29, 0.717) is 18.3 Å². The van der Waals surface area contributed by atoms with E-state index in [1.165, 1.54) is 49.7 Å². The van der Waals surface area contributed by atoms with Gasteiger partial charge in [-0.2, -0.15) is 0 Å². The number of hydrogen-bond acceptors (Lipinski definition) is 4. The normalized spacial score (nSPS) is 38.9. The van der Waals surface area contributed by atoms with Gasteiger partial charge in [-0.3, -0.25) is 14.8 Å². The molecule has 2 aromatic heterocycles. The summed E-state index contributed by atoms with van der Waals surface area (Å²) in [6.07, 6.45) is 22.9. The van der Waals surface area contributed by atoms with E-state index < -0.39 is 5.97 Å². The van der Waals surface area contributed by atoms with Gasteiger partial charge in [-0.1, -0.05) is 37.6 Å². The monoisotopic (exact) mass is 537 g/mol. The van der Waals surface area contributed by atoms with Gasteiger partial charge in [0.2, 0.25) is 0 Å². The van der Waals surface area contributed by atoms with Gasteiger partial charge in [-0.25, -0.2) is 0 Å². The van der Waals surface area contributed by atoms with E-state index in [1.807, 2.05) is 24.7 Å². The molecule has 2 aromatic rings. The zero-order valence-electron chi connectivity index (χ0n) is 24.0. The molecular formula is C35H43N3O2. The lowest BCUT2D eigenvalue weighted by Gasteiger charge is -2.59. The maximum Gasteiger partial charge on any atom is 0.306 e. The Morgan fingerprint density at radius 1 is 0.950 bits per heavy atom. The third-order valence-electron chi connectivity index (χ3n) is 12.2. The van der Waals surface area contributed by atoms with Gasteiger partial charge in [-0.05, 0) is 122 Å². The summed E-state index contributed by atoms with van der Waals surface area (Å²) in [6.45, 7) is 5.92. The highest BCUT2D eigenvalue weighted by Gasteiger charge is 2.57. The molecule has 2 saturated carbocycles. The Kier molecular flexibility index (Phi) is 6.40. The third-order valence-corrected chi connectivity index (χ3v) is 12.2. The van der Waals surface area contributed by atoms with Crippen LogP contribution in [0.4, 0.5) is 5.69 Å². The molecule has 5 nitrogen and oxygen atoms in total. The molecule has 3 heterocycles. The van der Waals surface area contributed by atoms with E-state index in [-0.39, 0.29) is 22.8 Å². The maximum absolute atomic E-state index is 12.0. The smallest absolute Gasteiger partial charge is 0.306 e. The number of carboxylic acid groups (broad SMARTS) is 1. The first-order valence-corrected chi connectivity index (χ1v) is 15.6. The van der Waals surface area contributed by atoms with Crippen molar-refractivity contribution in [1.82, 2.24) is 9.97 Å². The number of aromatic nitrogens is 2. The Hall–Kier alpha value is -2.95. The molecule has 0 bridgehead atoms. The van der Waals surface area contributed by atoms with Crippen LogP contribution >= 0.6 is 0 Å². The fourth-order valence-electron chi connectivity index (χ4n) is 10.1. The molecule has 3 fully saturated rings. The van der Waals surface area contributed by atoms with Gasteiger partial charge in [0.25, 0.3) is 0 Å². The van der Waals surface area contributed by atoms with Crippen LogP contribution in [0.1, 0.15) is 77.2 Å². The zero-order valence-corrected chi connectivity index (χ0v) is 24.0. The Labute approximate surface area is 238 Å². The summed E-state index contributed by atoms with van der Waals surface area (Å²) in [6, 6.07) is 8.74. The average Bonchev–Trinajstić information content (AvgIpc) is 3.34. The van der Waals surface area contributed by atoms with Gasteiger partial charge >= 0.3 is 5.97 Å². The zero-order chi connectivity index (χ0) is 27.5. The first-order valence-electron chi connectivity index (χ1n) is 15.6. The van der Waals surface area contributed by atoms with Gasteiger partial charge in [0.15, 0.2) is 0 Å². The lowest BCUT2D eigenvalue weighted by Crippen LogP contribution is -2.53. The van der Waals surface area contributed by atoms with E-state index >= 15 is 0 Å². The summed E-state index contributed by atoms with van der Waals surface area (Å²) in [5, 5.41) is 9.91. The average molecular weight is 538 g/mol. The Morgan fingerprint density at radius 2 is 1.75 bits per heavy atom. The largest absolute Gasteiger partial charge is 0.481 e. The van der Waals surface area contributed by atoms with Crippen molar-refractivity contribution in [3.8, 4) is 0 Å². The van der Waals surface area contributed by atoms with Crippen LogP contribution in [0.3, 0.4) is 0 Å². The van der Waals surface area contributed by atoms with E-state index in [1.54, 1.807) is 5.57 Å². The number of carbonyl (C=O) groups is 1. The molecule has 5 heteroatoms. The molecule has 1 saturated heterocycles.